The number of hydrogen-bond acceptors (Lipinski definition) is 3. The molecule has 1 aromatic heterocycles. The number of halogens is 1. The number of nitrogens with one attached hydrogen (secondary N) is 1. The molecule has 1 heterocycles. The third-order valence-corrected chi connectivity index (χ3v) is 3.21. The first-order chi connectivity index (χ1) is 6.68. The summed E-state index contributed by atoms with van der Waals surface area (Å²) in [7, 11) is 0. The largest absolute Gasteiger partial charge is 0.369 e. The molecule has 2 atom stereocenters. The predicted molar refractivity (Wildman–Crippen MR) is 57.5 cm³/mol. The standard InChI is InChI=1S/C10H14ClN3/c1-6-3-8(6)4-12-10-7(2)9(11)13-5-14-10/h5-6,8H,3-4H2,1-2H3,(H,12,13,14). The average Bonchev–Trinajstić information content (AvgIpc) is 2.85. The molecule has 1 aromatic rings. The van der Waals surface area contributed by atoms with Crippen LogP contribution in [0.4, 0.5) is 5.82 Å². The fourth-order valence-electron chi connectivity index (χ4n) is 1.52. The summed E-state index contributed by atoms with van der Waals surface area (Å²) in [6.45, 7) is 5.20. The maximum Gasteiger partial charge on any atom is 0.137 e. The van der Waals surface area contributed by atoms with Gasteiger partial charge in [0.05, 0.1) is 0 Å². The first-order valence-electron chi connectivity index (χ1n) is 4.89. The molecule has 0 spiro atoms. The van der Waals surface area contributed by atoms with Gasteiger partial charge in [-0.05, 0) is 25.2 Å². The van der Waals surface area contributed by atoms with Crippen LogP contribution in [0.3, 0.4) is 0 Å². The molecule has 1 aliphatic rings. The summed E-state index contributed by atoms with van der Waals surface area (Å²) in [5.74, 6) is 2.53. The van der Waals surface area contributed by atoms with Crippen LogP contribution in [0, 0.1) is 18.8 Å². The van der Waals surface area contributed by atoms with E-state index in [4.69, 9.17) is 11.6 Å². The lowest BCUT2D eigenvalue weighted by atomic mass is 10.3. The van der Waals surface area contributed by atoms with Crippen LogP contribution in [0.15, 0.2) is 6.33 Å². The summed E-state index contributed by atoms with van der Waals surface area (Å²) in [4.78, 5) is 8.07. The minimum absolute atomic E-state index is 0.534. The fraction of sp³-hybridized carbons (Fsp3) is 0.600. The Morgan fingerprint density at radius 1 is 1.57 bits per heavy atom. The van der Waals surface area contributed by atoms with Gasteiger partial charge >= 0.3 is 0 Å². The zero-order valence-electron chi connectivity index (χ0n) is 8.42. The summed E-state index contributed by atoms with van der Waals surface area (Å²) in [6.07, 6.45) is 2.82. The molecule has 0 amide bonds. The Labute approximate surface area is 88.9 Å². The van der Waals surface area contributed by atoms with Crippen molar-refractivity contribution in [2.45, 2.75) is 20.3 Å². The molecule has 1 saturated carbocycles. The molecule has 1 aliphatic carbocycles. The Morgan fingerprint density at radius 2 is 2.29 bits per heavy atom. The van der Waals surface area contributed by atoms with Crippen molar-refractivity contribution in [1.82, 2.24) is 9.97 Å². The van der Waals surface area contributed by atoms with Crippen LogP contribution in [0.25, 0.3) is 0 Å². The van der Waals surface area contributed by atoms with Crippen molar-refractivity contribution in [3.8, 4) is 0 Å². The molecular weight excluding hydrogens is 198 g/mol. The number of hydrogen-bond donors (Lipinski definition) is 1. The average molecular weight is 212 g/mol. The quantitative estimate of drug-likeness (QED) is 0.781. The van der Waals surface area contributed by atoms with E-state index in [-0.39, 0.29) is 0 Å². The van der Waals surface area contributed by atoms with Gasteiger partial charge in [-0.1, -0.05) is 18.5 Å². The van der Waals surface area contributed by atoms with Crippen LogP contribution in [0.1, 0.15) is 18.9 Å². The second-order valence-corrected chi connectivity index (χ2v) is 4.35. The monoisotopic (exact) mass is 211 g/mol. The van der Waals surface area contributed by atoms with Crippen LogP contribution in [0.5, 0.6) is 0 Å². The molecule has 2 rings (SSSR count). The van der Waals surface area contributed by atoms with Gasteiger partial charge in [-0.2, -0.15) is 0 Å². The second-order valence-electron chi connectivity index (χ2n) is 3.99. The van der Waals surface area contributed by atoms with E-state index in [9.17, 15) is 0 Å². The van der Waals surface area contributed by atoms with Crippen LogP contribution in [-0.2, 0) is 0 Å². The van der Waals surface area contributed by atoms with Crippen LogP contribution in [0.2, 0.25) is 5.15 Å². The molecule has 14 heavy (non-hydrogen) atoms. The normalized spacial score (nSPS) is 24.8. The lowest BCUT2D eigenvalue weighted by Gasteiger charge is -2.07. The molecular formula is C10H14ClN3. The van der Waals surface area contributed by atoms with Gasteiger partial charge < -0.3 is 5.32 Å². The van der Waals surface area contributed by atoms with E-state index < -0.39 is 0 Å². The van der Waals surface area contributed by atoms with Crippen molar-refractivity contribution in [3.63, 3.8) is 0 Å². The van der Waals surface area contributed by atoms with Crippen molar-refractivity contribution >= 4 is 17.4 Å². The number of nitrogens with zero attached hydrogens (tertiary/aromatic N) is 2. The predicted octanol–water partition coefficient (Wildman–Crippen LogP) is 2.51. The molecule has 0 aliphatic heterocycles. The third-order valence-electron chi connectivity index (χ3n) is 2.83. The Bertz CT molecular complexity index is 340. The van der Waals surface area contributed by atoms with E-state index in [1.165, 1.54) is 12.7 Å². The van der Waals surface area contributed by atoms with Gasteiger partial charge in [0.15, 0.2) is 0 Å². The Hall–Kier alpha value is -0.830. The maximum absolute atomic E-state index is 5.88. The highest BCUT2D eigenvalue weighted by Crippen LogP contribution is 2.37. The van der Waals surface area contributed by atoms with Gasteiger partial charge in [0.25, 0.3) is 0 Å². The molecule has 0 aromatic carbocycles. The SMILES string of the molecule is Cc1c(Cl)ncnc1NCC1CC1C. The van der Waals surface area contributed by atoms with Gasteiger partial charge in [-0.15, -0.1) is 0 Å². The Balaban J connectivity index is 1.98. The number of aromatic nitrogens is 2. The van der Waals surface area contributed by atoms with Gasteiger partial charge in [0, 0.05) is 12.1 Å². The smallest absolute Gasteiger partial charge is 0.137 e. The fourth-order valence-corrected chi connectivity index (χ4v) is 1.65. The summed E-state index contributed by atoms with van der Waals surface area (Å²) in [5, 5.41) is 3.84. The molecule has 76 valence electrons. The Morgan fingerprint density at radius 3 is 2.93 bits per heavy atom. The molecule has 0 radical (unpaired) electrons. The highest BCUT2D eigenvalue weighted by Gasteiger charge is 2.32. The summed E-state index contributed by atoms with van der Waals surface area (Å²) in [6, 6.07) is 0. The summed E-state index contributed by atoms with van der Waals surface area (Å²) < 4.78 is 0. The van der Waals surface area contributed by atoms with Crippen molar-refractivity contribution in [1.29, 1.82) is 0 Å². The lowest BCUT2D eigenvalue weighted by Crippen LogP contribution is -2.07. The van der Waals surface area contributed by atoms with Crippen molar-refractivity contribution < 1.29 is 0 Å². The zero-order chi connectivity index (χ0) is 10.1. The van der Waals surface area contributed by atoms with Gasteiger partial charge in [0.2, 0.25) is 0 Å². The topological polar surface area (TPSA) is 37.8 Å². The first-order valence-corrected chi connectivity index (χ1v) is 5.27. The molecule has 4 heteroatoms. The Kier molecular flexibility index (Phi) is 2.59. The first kappa shape index (κ1) is 9.71. The number of anilines is 1. The van der Waals surface area contributed by atoms with Crippen molar-refractivity contribution in [3.05, 3.63) is 17.0 Å². The minimum atomic E-state index is 0.534. The van der Waals surface area contributed by atoms with Gasteiger partial charge in [-0.25, -0.2) is 9.97 Å². The van der Waals surface area contributed by atoms with E-state index in [1.54, 1.807) is 0 Å². The summed E-state index contributed by atoms with van der Waals surface area (Å²) >= 11 is 5.88. The zero-order valence-corrected chi connectivity index (χ0v) is 9.17. The van der Waals surface area contributed by atoms with E-state index in [2.05, 4.69) is 22.2 Å². The van der Waals surface area contributed by atoms with E-state index in [1.807, 2.05) is 6.92 Å². The van der Waals surface area contributed by atoms with Crippen LogP contribution in [-0.4, -0.2) is 16.5 Å². The van der Waals surface area contributed by atoms with E-state index >= 15 is 0 Å². The highest BCUT2D eigenvalue weighted by molar-refractivity contribution is 6.30. The van der Waals surface area contributed by atoms with Crippen LogP contribution >= 0.6 is 11.6 Å². The van der Waals surface area contributed by atoms with Gasteiger partial charge in [0.1, 0.15) is 17.3 Å². The summed E-state index contributed by atoms with van der Waals surface area (Å²) in [5.41, 5.74) is 0.933. The second kappa shape index (κ2) is 3.73. The molecule has 1 fully saturated rings. The molecule has 2 unspecified atom stereocenters. The minimum Gasteiger partial charge on any atom is -0.369 e. The molecule has 3 nitrogen and oxygen atoms in total. The van der Waals surface area contributed by atoms with Crippen LogP contribution < -0.4 is 5.32 Å². The molecule has 0 bridgehead atoms. The van der Waals surface area contributed by atoms with E-state index in [0.717, 1.165) is 29.8 Å². The lowest BCUT2D eigenvalue weighted by molar-refractivity contribution is 0.783. The molecule has 1 N–H and O–H groups in total. The maximum atomic E-state index is 5.88. The van der Waals surface area contributed by atoms with Crippen molar-refractivity contribution in [2.24, 2.45) is 11.8 Å². The van der Waals surface area contributed by atoms with Crippen molar-refractivity contribution in [2.75, 3.05) is 11.9 Å². The van der Waals surface area contributed by atoms with E-state index in [0.29, 0.717) is 5.15 Å². The van der Waals surface area contributed by atoms with Gasteiger partial charge in [-0.3, -0.25) is 0 Å². The molecule has 0 saturated heterocycles. The highest BCUT2D eigenvalue weighted by atomic mass is 35.5. The third kappa shape index (κ3) is 1.98. The number of rotatable bonds is 3.